The van der Waals surface area contributed by atoms with Gasteiger partial charge in [0.1, 0.15) is 0 Å². The van der Waals surface area contributed by atoms with Gasteiger partial charge in [0.05, 0.1) is 23.0 Å². The van der Waals surface area contributed by atoms with Crippen LogP contribution in [0.1, 0.15) is 17.3 Å². The Kier molecular flexibility index (Phi) is 4.24. The Morgan fingerprint density at radius 1 is 1.33 bits per heavy atom. The van der Waals surface area contributed by atoms with Crippen LogP contribution < -0.4 is 11.3 Å². The van der Waals surface area contributed by atoms with Crippen LogP contribution in [0.5, 0.6) is 0 Å². The average molecular weight is 285 g/mol. The first kappa shape index (κ1) is 13.4. The molecule has 96 valence electrons. The number of hydrazine groups is 1. The van der Waals surface area contributed by atoms with Gasteiger partial charge in [0.25, 0.3) is 0 Å². The number of hydrogen-bond donors (Lipinski definition) is 2. The predicted molar refractivity (Wildman–Crippen MR) is 73.4 cm³/mol. The summed E-state index contributed by atoms with van der Waals surface area (Å²) in [7, 11) is 1.84. The van der Waals surface area contributed by atoms with Crippen LogP contribution >= 0.6 is 23.2 Å². The Balaban J connectivity index is 2.22. The Labute approximate surface area is 116 Å². The summed E-state index contributed by atoms with van der Waals surface area (Å²) in [6, 6.07) is 7.56. The van der Waals surface area contributed by atoms with Crippen molar-refractivity contribution in [1.29, 1.82) is 0 Å². The summed E-state index contributed by atoms with van der Waals surface area (Å²) < 4.78 is 1.72. The molecule has 1 aromatic carbocycles. The summed E-state index contributed by atoms with van der Waals surface area (Å²) in [6.45, 7) is 0. The van der Waals surface area contributed by atoms with Crippen molar-refractivity contribution in [2.24, 2.45) is 12.9 Å². The van der Waals surface area contributed by atoms with Crippen molar-refractivity contribution in [2.45, 2.75) is 12.5 Å². The van der Waals surface area contributed by atoms with Crippen LogP contribution in [0, 0.1) is 0 Å². The van der Waals surface area contributed by atoms with E-state index in [-0.39, 0.29) is 6.04 Å². The molecule has 0 aliphatic carbocycles. The molecule has 0 bridgehead atoms. The van der Waals surface area contributed by atoms with E-state index in [0.717, 1.165) is 16.3 Å². The van der Waals surface area contributed by atoms with E-state index in [2.05, 4.69) is 10.5 Å². The van der Waals surface area contributed by atoms with E-state index in [1.807, 2.05) is 31.3 Å². The van der Waals surface area contributed by atoms with Crippen LogP contribution in [-0.2, 0) is 13.5 Å². The molecule has 1 unspecified atom stereocenters. The van der Waals surface area contributed by atoms with Crippen molar-refractivity contribution in [3.63, 3.8) is 0 Å². The number of nitrogens with one attached hydrogen (secondary N) is 1. The number of aromatic nitrogens is 2. The number of rotatable bonds is 4. The third kappa shape index (κ3) is 2.84. The summed E-state index contributed by atoms with van der Waals surface area (Å²) in [5.74, 6) is 5.60. The summed E-state index contributed by atoms with van der Waals surface area (Å²) in [5.41, 5.74) is 4.77. The molecule has 4 nitrogen and oxygen atoms in total. The van der Waals surface area contributed by atoms with Gasteiger partial charge in [0, 0.05) is 12.1 Å². The number of nitrogens with zero attached hydrogens (tertiary/aromatic N) is 2. The first-order valence-electron chi connectivity index (χ1n) is 5.49. The SMILES string of the molecule is Cn1ncc(Cl)c1C(Cc1ccc(Cl)cc1)NN. The van der Waals surface area contributed by atoms with E-state index < -0.39 is 0 Å². The number of nitrogens with two attached hydrogens (primary N) is 1. The van der Waals surface area contributed by atoms with E-state index in [1.165, 1.54) is 0 Å². The minimum atomic E-state index is -0.0915. The third-order valence-electron chi connectivity index (χ3n) is 2.82. The second kappa shape index (κ2) is 5.71. The van der Waals surface area contributed by atoms with Gasteiger partial charge in [0.2, 0.25) is 0 Å². The maximum Gasteiger partial charge on any atom is 0.0834 e. The zero-order valence-electron chi connectivity index (χ0n) is 9.90. The Morgan fingerprint density at radius 2 is 2.00 bits per heavy atom. The van der Waals surface area contributed by atoms with Gasteiger partial charge in [0.15, 0.2) is 0 Å². The molecule has 3 N–H and O–H groups in total. The molecule has 0 saturated heterocycles. The Morgan fingerprint density at radius 3 is 2.50 bits per heavy atom. The molecule has 2 aromatic rings. The smallest absolute Gasteiger partial charge is 0.0834 e. The van der Waals surface area contributed by atoms with Crippen molar-refractivity contribution < 1.29 is 0 Å². The fourth-order valence-electron chi connectivity index (χ4n) is 1.90. The van der Waals surface area contributed by atoms with Crippen LogP contribution in [-0.4, -0.2) is 9.78 Å². The van der Waals surface area contributed by atoms with Crippen LogP contribution in [0.15, 0.2) is 30.5 Å². The molecule has 1 atom stereocenters. The quantitative estimate of drug-likeness (QED) is 0.670. The van der Waals surface area contributed by atoms with E-state index in [1.54, 1.807) is 10.9 Å². The molecule has 6 heteroatoms. The van der Waals surface area contributed by atoms with Gasteiger partial charge >= 0.3 is 0 Å². The number of aryl methyl sites for hydroxylation is 1. The first-order chi connectivity index (χ1) is 8.61. The third-order valence-corrected chi connectivity index (χ3v) is 3.37. The highest BCUT2D eigenvalue weighted by Crippen LogP contribution is 2.25. The predicted octanol–water partition coefficient (Wildman–Crippen LogP) is 2.47. The lowest BCUT2D eigenvalue weighted by atomic mass is 10.0. The fraction of sp³-hybridized carbons (Fsp3) is 0.250. The number of benzene rings is 1. The van der Waals surface area contributed by atoms with Crippen molar-refractivity contribution >= 4 is 23.2 Å². The van der Waals surface area contributed by atoms with Gasteiger partial charge in [-0.3, -0.25) is 16.0 Å². The molecular weight excluding hydrogens is 271 g/mol. The molecule has 0 amide bonds. The largest absolute Gasteiger partial charge is 0.271 e. The van der Waals surface area contributed by atoms with Gasteiger partial charge in [-0.1, -0.05) is 35.3 Å². The van der Waals surface area contributed by atoms with Crippen molar-refractivity contribution in [3.8, 4) is 0 Å². The topological polar surface area (TPSA) is 55.9 Å². The summed E-state index contributed by atoms with van der Waals surface area (Å²) >= 11 is 12.0. The molecule has 0 saturated carbocycles. The van der Waals surface area contributed by atoms with Crippen molar-refractivity contribution in [3.05, 3.63) is 51.8 Å². The second-order valence-corrected chi connectivity index (χ2v) is 4.89. The molecule has 2 rings (SSSR count). The molecule has 0 aliphatic rings. The maximum atomic E-state index is 6.11. The maximum absolute atomic E-state index is 6.11. The standard InChI is InChI=1S/C12H14Cl2N4/c1-18-12(10(14)7-16-18)11(17-15)6-8-2-4-9(13)5-3-8/h2-5,7,11,17H,6,15H2,1H3. The average Bonchev–Trinajstić information content (AvgIpc) is 2.69. The Bertz CT molecular complexity index is 502. The monoisotopic (exact) mass is 284 g/mol. The number of halogens is 2. The van der Waals surface area contributed by atoms with Crippen LogP contribution in [0.2, 0.25) is 10.0 Å². The summed E-state index contributed by atoms with van der Waals surface area (Å²) in [5, 5.41) is 5.43. The van der Waals surface area contributed by atoms with Crippen molar-refractivity contribution in [2.75, 3.05) is 0 Å². The van der Waals surface area contributed by atoms with Crippen LogP contribution in [0.25, 0.3) is 0 Å². The van der Waals surface area contributed by atoms with E-state index in [0.29, 0.717) is 11.4 Å². The molecule has 0 aliphatic heterocycles. The molecular formula is C12H14Cl2N4. The zero-order chi connectivity index (χ0) is 13.1. The van der Waals surface area contributed by atoms with Gasteiger partial charge < -0.3 is 0 Å². The normalized spacial score (nSPS) is 12.7. The summed E-state index contributed by atoms with van der Waals surface area (Å²) in [4.78, 5) is 0. The van der Waals surface area contributed by atoms with Gasteiger partial charge in [-0.25, -0.2) is 0 Å². The Hall–Kier alpha value is -1.07. The lowest BCUT2D eigenvalue weighted by molar-refractivity contribution is 0.508. The van der Waals surface area contributed by atoms with Crippen molar-refractivity contribution in [1.82, 2.24) is 15.2 Å². The zero-order valence-corrected chi connectivity index (χ0v) is 11.4. The van der Waals surface area contributed by atoms with E-state index in [9.17, 15) is 0 Å². The minimum absolute atomic E-state index is 0.0915. The molecule has 0 radical (unpaired) electrons. The second-order valence-electron chi connectivity index (χ2n) is 4.05. The summed E-state index contributed by atoms with van der Waals surface area (Å²) in [6.07, 6.45) is 2.33. The highest BCUT2D eigenvalue weighted by molar-refractivity contribution is 6.31. The first-order valence-corrected chi connectivity index (χ1v) is 6.25. The molecule has 0 fully saturated rings. The van der Waals surface area contributed by atoms with E-state index in [4.69, 9.17) is 29.0 Å². The fourth-order valence-corrected chi connectivity index (χ4v) is 2.33. The van der Waals surface area contributed by atoms with Gasteiger partial charge in [-0.05, 0) is 24.1 Å². The molecule has 18 heavy (non-hydrogen) atoms. The van der Waals surface area contributed by atoms with Gasteiger partial charge in [-0.15, -0.1) is 0 Å². The minimum Gasteiger partial charge on any atom is -0.271 e. The van der Waals surface area contributed by atoms with Gasteiger partial charge in [-0.2, -0.15) is 5.10 Å². The molecule has 0 spiro atoms. The van der Waals surface area contributed by atoms with Crippen LogP contribution in [0.4, 0.5) is 0 Å². The highest BCUT2D eigenvalue weighted by atomic mass is 35.5. The lowest BCUT2D eigenvalue weighted by Gasteiger charge is -2.17. The molecule has 1 heterocycles. The number of hydrogen-bond acceptors (Lipinski definition) is 3. The lowest BCUT2D eigenvalue weighted by Crippen LogP contribution is -2.31. The highest BCUT2D eigenvalue weighted by Gasteiger charge is 2.18. The van der Waals surface area contributed by atoms with E-state index >= 15 is 0 Å². The molecule has 1 aromatic heterocycles. The van der Waals surface area contributed by atoms with Crippen LogP contribution in [0.3, 0.4) is 0 Å².